The number of aliphatic imine (C=N–C) groups is 1. The molecule has 256 valence electrons. The summed E-state index contributed by atoms with van der Waals surface area (Å²) in [6.07, 6.45) is -5.32. The molecule has 0 atom stereocenters. The molecule has 4 rings (SSSR count). The smallest absolute Gasteiger partial charge is 0.416 e. The van der Waals surface area contributed by atoms with Crippen molar-refractivity contribution >= 4 is 29.1 Å². The molecular weight excluding hydrogens is 646 g/mol. The highest BCUT2D eigenvalue weighted by Gasteiger charge is 2.37. The van der Waals surface area contributed by atoms with Crippen LogP contribution in [0.3, 0.4) is 0 Å². The third-order valence-electron chi connectivity index (χ3n) is 7.88. The Hall–Kier alpha value is -4.95. The molecule has 2 N–H and O–H groups in total. The van der Waals surface area contributed by atoms with Crippen molar-refractivity contribution in [2.24, 2.45) is 4.99 Å². The molecule has 1 aliphatic rings. The van der Waals surface area contributed by atoms with Crippen LogP contribution in [-0.4, -0.2) is 40.8 Å². The van der Waals surface area contributed by atoms with E-state index in [2.05, 4.69) is 10.3 Å². The maximum absolute atomic E-state index is 13.6. The molecule has 1 amide bonds. The summed E-state index contributed by atoms with van der Waals surface area (Å²) in [6, 6.07) is 13.7. The van der Waals surface area contributed by atoms with Crippen LogP contribution in [0, 0.1) is 10.1 Å². The molecule has 15 heteroatoms. The molecule has 1 saturated carbocycles. The van der Waals surface area contributed by atoms with Crippen molar-refractivity contribution in [1.82, 2.24) is 5.32 Å². The largest absolute Gasteiger partial charge is 0.481 e. The van der Waals surface area contributed by atoms with Gasteiger partial charge in [0.15, 0.2) is 5.84 Å². The van der Waals surface area contributed by atoms with Crippen molar-refractivity contribution in [2.45, 2.75) is 63.3 Å². The number of aliphatic carboxylic acids is 1. The van der Waals surface area contributed by atoms with E-state index in [4.69, 9.17) is 5.11 Å². The number of halogens is 6. The monoisotopic (exact) mass is 678 g/mol. The lowest BCUT2D eigenvalue weighted by atomic mass is 9.84. The summed E-state index contributed by atoms with van der Waals surface area (Å²) >= 11 is 0. The molecule has 1 fully saturated rings. The predicted octanol–water partition coefficient (Wildman–Crippen LogP) is 7.99. The number of carbonyl (C=O) groups is 2. The number of carboxylic acids is 1. The van der Waals surface area contributed by atoms with E-state index in [1.807, 2.05) is 12.1 Å². The molecule has 0 radical (unpaired) electrons. The molecule has 0 spiro atoms. The Bertz CT molecular complexity index is 1600. The number of anilines is 1. The fourth-order valence-electron chi connectivity index (χ4n) is 5.47. The Kier molecular flexibility index (Phi) is 11.4. The van der Waals surface area contributed by atoms with Gasteiger partial charge >= 0.3 is 18.3 Å². The summed E-state index contributed by atoms with van der Waals surface area (Å²) in [7, 11) is 0. The zero-order chi connectivity index (χ0) is 35.1. The lowest BCUT2D eigenvalue weighted by molar-refractivity contribution is -0.463. The first kappa shape index (κ1) is 35.9. The van der Waals surface area contributed by atoms with Gasteiger partial charge in [0.1, 0.15) is 0 Å². The maximum atomic E-state index is 13.6. The fraction of sp³-hybridized carbons (Fsp3) is 0.364. The number of nitrogens with zero attached hydrogens (tertiary/aromatic N) is 3. The minimum Gasteiger partial charge on any atom is -0.481 e. The number of benzene rings is 3. The van der Waals surface area contributed by atoms with Crippen LogP contribution in [0.1, 0.15) is 77.1 Å². The minimum absolute atomic E-state index is 0.0483. The van der Waals surface area contributed by atoms with Gasteiger partial charge in [-0.3, -0.25) is 19.7 Å². The van der Waals surface area contributed by atoms with Crippen LogP contribution in [-0.2, 0) is 23.7 Å². The third-order valence-corrected chi connectivity index (χ3v) is 7.88. The molecule has 48 heavy (non-hydrogen) atoms. The van der Waals surface area contributed by atoms with Crippen LogP contribution >= 0.6 is 0 Å². The highest BCUT2D eigenvalue weighted by Crippen LogP contribution is 2.39. The Morgan fingerprint density at radius 3 is 2.00 bits per heavy atom. The first-order valence-electron chi connectivity index (χ1n) is 15.1. The molecule has 1 aliphatic carbocycles. The number of nitrogens with one attached hydrogen (secondary N) is 1. The predicted molar refractivity (Wildman–Crippen MR) is 165 cm³/mol. The second-order valence-corrected chi connectivity index (χ2v) is 11.4. The quantitative estimate of drug-likeness (QED) is 0.0697. The van der Waals surface area contributed by atoms with Crippen LogP contribution in [0.5, 0.6) is 0 Å². The number of alkyl halides is 6. The number of carbonyl (C=O) groups excluding carboxylic acids is 1. The number of hydrogen-bond acceptors (Lipinski definition) is 5. The number of rotatable bonds is 11. The molecule has 9 nitrogen and oxygen atoms in total. The summed E-state index contributed by atoms with van der Waals surface area (Å²) in [5, 5.41) is 23.0. The average molecular weight is 679 g/mol. The van der Waals surface area contributed by atoms with Gasteiger partial charge in [-0.05, 0) is 72.4 Å². The number of carboxylic acid groups (broad SMARTS) is 1. The van der Waals surface area contributed by atoms with Crippen molar-refractivity contribution in [1.29, 1.82) is 0 Å². The summed E-state index contributed by atoms with van der Waals surface area (Å²) in [6.45, 7) is -1.29. The Morgan fingerprint density at radius 1 is 0.896 bits per heavy atom. The van der Waals surface area contributed by atoms with Crippen molar-refractivity contribution in [3.8, 4) is 0 Å². The fourth-order valence-corrected chi connectivity index (χ4v) is 5.47. The molecule has 0 aliphatic heterocycles. The van der Waals surface area contributed by atoms with E-state index in [1.54, 1.807) is 12.1 Å². The number of nitro groups is 1. The molecule has 0 aromatic heterocycles. The van der Waals surface area contributed by atoms with Crippen LogP contribution in [0.2, 0.25) is 0 Å². The Balaban J connectivity index is 1.76. The second kappa shape index (κ2) is 15.3. The van der Waals surface area contributed by atoms with Crippen LogP contribution < -0.4 is 10.2 Å². The lowest BCUT2D eigenvalue weighted by Crippen LogP contribution is -2.35. The van der Waals surface area contributed by atoms with E-state index in [0.717, 1.165) is 37.7 Å². The number of amidine groups is 1. The van der Waals surface area contributed by atoms with Gasteiger partial charge in [0.2, 0.25) is 0 Å². The molecule has 0 saturated heterocycles. The first-order valence-corrected chi connectivity index (χ1v) is 15.1. The second-order valence-electron chi connectivity index (χ2n) is 11.4. The minimum atomic E-state index is -5.15. The highest BCUT2D eigenvalue weighted by atomic mass is 19.4. The number of hydrogen-bond donors (Lipinski definition) is 2. The maximum Gasteiger partial charge on any atom is 0.416 e. The third kappa shape index (κ3) is 10.0. The van der Waals surface area contributed by atoms with E-state index in [9.17, 15) is 46.0 Å². The zero-order valence-corrected chi connectivity index (χ0v) is 25.5. The normalized spacial score (nSPS) is 14.4. The van der Waals surface area contributed by atoms with Gasteiger partial charge in [-0.2, -0.15) is 26.3 Å². The van der Waals surface area contributed by atoms with Crippen LogP contribution in [0.15, 0.2) is 71.7 Å². The molecule has 3 aromatic carbocycles. The standard InChI is InChI=1S/C33H32F6N4O5/c34-32(35,36)25-16-26(33(37,38)39)18-27(17-25)41-29(20-43(47)48)42(28-12-10-23(11-13-28)22-4-2-1-3-5-22)19-21-6-8-24(9-7-21)31(46)40-15-14-30(44)45/h6-13,16-18,22H,1-5,14-15,19-20H2,(H,40,46)(H,44,45). The summed E-state index contributed by atoms with van der Waals surface area (Å²) < 4.78 is 81.5. The lowest BCUT2D eigenvalue weighted by Gasteiger charge is -2.27. The van der Waals surface area contributed by atoms with E-state index < -0.39 is 58.3 Å². The van der Waals surface area contributed by atoms with Crippen molar-refractivity contribution < 1.29 is 46.0 Å². The molecule has 3 aromatic rings. The van der Waals surface area contributed by atoms with Gasteiger partial charge in [-0.15, -0.1) is 0 Å². The Labute approximate surface area is 271 Å². The van der Waals surface area contributed by atoms with Gasteiger partial charge in [0.25, 0.3) is 12.5 Å². The van der Waals surface area contributed by atoms with Gasteiger partial charge in [-0.1, -0.05) is 43.5 Å². The first-order chi connectivity index (χ1) is 22.6. The van der Waals surface area contributed by atoms with Gasteiger partial charge < -0.3 is 15.3 Å². The van der Waals surface area contributed by atoms with Crippen molar-refractivity contribution in [3.63, 3.8) is 0 Å². The van der Waals surface area contributed by atoms with Crippen molar-refractivity contribution in [2.75, 3.05) is 18.0 Å². The van der Waals surface area contributed by atoms with E-state index >= 15 is 0 Å². The van der Waals surface area contributed by atoms with Gasteiger partial charge in [0, 0.05) is 29.3 Å². The van der Waals surface area contributed by atoms with Crippen LogP contribution in [0.4, 0.5) is 37.7 Å². The topological polar surface area (TPSA) is 125 Å². The van der Waals surface area contributed by atoms with Crippen LogP contribution in [0.25, 0.3) is 0 Å². The zero-order valence-electron chi connectivity index (χ0n) is 25.5. The summed E-state index contributed by atoms with van der Waals surface area (Å²) in [5.74, 6) is -1.75. The van der Waals surface area contributed by atoms with Gasteiger partial charge in [-0.25, -0.2) is 4.99 Å². The Morgan fingerprint density at radius 2 is 1.48 bits per heavy atom. The summed E-state index contributed by atoms with van der Waals surface area (Å²) in [5.41, 5.74) is -1.94. The molecular formula is C33H32F6N4O5. The average Bonchev–Trinajstić information content (AvgIpc) is 3.03. The summed E-state index contributed by atoms with van der Waals surface area (Å²) in [4.78, 5) is 39.5. The molecule has 0 unspecified atom stereocenters. The highest BCUT2D eigenvalue weighted by molar-refractivity contribution is 6.00. The van der Waals surface area contributed by atoms with E-state index in [-0.39, 0.29) is 31.1 Å². The van der Waals surface area contributed by atoms with Crippen molar-refractivity contribution in [3.05, 3.63) is 105 Å². The van der Waals surface area contributed by atoms with Gasteiger partial charge in [0.05, 0.1) is 23.2 Å². The SMILES string of the molecule is O=C(O)CCNC(=O)c1ccc(CN(C(C[N+](=O)[O-])=Nc2cc(C(F)(F)F)cc(C(F)(F)F)c2)c2ccc(C3CCCCC3)cc2)cc1. The molecule has 0 heterocycles. The number of amides is 1. The molecule has 0 bridgehead atoms. The van der Waals surface area contributed by atoms with E-state index in [0.29, 0.717) is 29.3 Å². The van der Waals surface area contributed by atoms with E-state index in [1.165, 1.54) is 29.2 Å².